The Morgan fingerprint density at radius 3 is 2.79 bits per heavy atom. The van der Waals surface area contributed by atoms with Crippen LogP contribution in [-0.2, 0) is 4.74 Å². The molecular weight excluding hydrogens is 172 g/mol. The van der Waals surface area contributed by atoms with Gasteiger partial charge in [0, 0.05) is 0 Å². The average Bonchev–Trinajstić information content (AvgIpc) is 2.19. The molecular formula is C13H24O. The normalized spacial score (nSPS) is 27.5. The van der Waals surface area contributed by atoms with Crippen LogP contribution in [0.25, 0.3) is 0 Å². The van der Waals surface area contributed by atoms with Gasteiger partial charge in [-0.15, -0.1) is 6.58 Å². The van der Waals surface area contributed by atoms with E-state index in [1.165, 1.54) is 44.9 Å². The van der Waals surface area contributed by atoms with Crippen molar-refractivity contribution in [2.75, 3.05) is 0 Å². The van der Waals surface area contributed by atoms with Gasteiger partial charge in [0.05, 0.1) is 12.2 Å². The minimum absolute atomic E-state index is 0.466. The van der Waals surface area contributed by atoms with Crippen molar-refractivity contribution in [1.29, 1.82) is 0 Å². The summed E-state index contributed by atoms with van der Waals surface area (Å²) in [5, 5.41) is 0. The van der Waals surface area contributed by atoms with Crippen molar-refractivity contribution in [3.8, 4) is 0 Å². The van der Waals surface area contributed by atoms with E-state index in [9.17, 15) is 0 Å². The van der Waals surface area contributed by atoms with Gasteiger partial charge in [-0.05, 0) is 32.1 Å². The second-order valence-corrected chi connectivity index (χ2v) is 4.33. The number of ether oxygens (including phenoxy) is 1. The Morgan fingerprint density at radius 1 is 1.29 bits per heavy atom. The SMILES string of the molecule is C=CC[C@@H]1CCC[C@H](CCCCC)O1. The lowest BCUT2D eigenvalue weighted by molar-refractivity contribution is -0.0517. The summed E-state index contributed by atoms with van der Waals surface area (Å²) in [5.41, 5.74) is 0. The molecule has 1 aliphatic heterocycles. The van der Waals surface area contributed by atoms with E-state index in [1.807, 2.05) is 6.08 Å². The minimum Gasteiger partial charge on any atom is -0.375 e. The van der Waals surface area contributed by atoms with Gasteiger partial charge in [0.2, 0.25) is 0 Å². The molecule has 2 atom stereocenters. The number of unbranched alkanes of at least 4 members (excludes halogenated alkanes) is 2. The maximum atomic E-state index is 6.00. The van der Waals surface area contributed by atoms with Gasteiger partial charge in [0.25, 0.3) is 0 Å². The first kappa shape index (κ1) is 11.8. The van der Waals surface area contributed by atoms with Crippen molar-refractivity contribution in [3.05, 3.63) is 12.7 Å². The lowest BCUT2D eigenvalue weighted by Crippen LogP contribution is -2.27. The standard InChI is InChI=1S/C13H24O/c1-3-5-6-9-13-11-7-10-12(14-13)8-4-2/h4,12-13H,2-3,5-11H2,1H3/t12-,13+/m1/s1. The molecule has 0 N–H and O–H groups in total. The third-order valence-electron chi connectivity index (χ3n) is 3.00. The Morgan fingerprint density at radius 2 is 2.07 bits per heavy atom. The molecule has 82 valence electrons. The predicted molar refractivity (Wildman–Crippen MR) is 61.5 cm³/mol. The molecule has 1 fully saturated rings. The molecule has 1 saturated heterocycles. The monoisotopic (exact) mass is 196 g/mol. The van der Waals surface area contributed by atoms with Crippen molar-refractivity contribution in [3.63, 3.8) is 0 Å². The quantitative estimate of drug-likeness (QED) is 0.459. The third kappa shape index (κ3) is 4.28. The van der Waals surface area contributed by atoms with E-state index in [0.29, 0.717) is 12.2 Å². The lowest BCUT2D eigenvalue weighted by atomic mass is 9.98. The molecule has 0 unspecified atom stereocenters. The lowest BCUT2D eigenvalue weighted by Gasteiger charge is -2.29. The second kappa shape index (κ2) is 7.05. The first-order valence-electron chi connectivity index (χ1n) is 6.13. The summed E-state index contributed by atoms with van der Waals surface area (Å²) in [6.07, 6.45) is 13.1. The van der Waals surface area contributed by atoms with Crippen LogP contribution in [-0.4, -0.2) is 12.2 Å². The molecule has 0 aromatic heterocycles. The summed E-state index contributed by atoms with van der Waals surface area (Å²) in [6, 6.07) is 0. The van der Waals surface area contributed by atoms with Crippen LogP contribution in [0.4, 0.5) is 0 Å². The molecule has 0 saturated carbocycles. The molecule has 0 bridgehead atoms. The highest BCUT2D eigenvalue weighted by molar-refractivity contribution is 4.78. The molecule has 0 amide bonds. The van der Waals surface area contributed by atoms with E-state index in [0.717, 1.165) is 6.42 Å². The fraction of sp³-hybridized carbons (Fsp3) is 0.846. The van der Waals surface area contributed by atoms with Crippen LogP contribution in [0.5, 0.6) is 0 Å². The van der Waals surface area contributed by atoms with Crippen LogP contribution in [0.2, 0.25) is 0 Å². The number of rotatable bonds is 6. The Balaban J connectivity index is 2.15. The Bertz CT molecular complexity index is 153. The van der Waals surface area contributed by atoms with E-state index < -0.39 is 0 Å². The molecule has 14 heavy (non-hydrogen) atoms. The van der Waals surface area contributed by atoms with E-state index in [-0.39, 0.29) is 0 Å². The maximum absolute atomic E-state index is 6.00. The second-order valence-electron chi connectivity index (χ2n) is 4.33. The Kier molecular flexibility index (Phi) is 5.93. The van der Waals surface area contributed by atoms with E-state index in [1.54, 1.807) is 0 Å². The average molecular weight is 196 g/mol. The van der Waals surface area contributed by atoms with Crippen LogP contribution >= 0.6 is 0 Å². The summed E-state index contributed by atoms with van der Waals surface area (Å²) in [5.74, 6) is 0. The molecule has 0 radical (unpaired) electrons. The molecule has 1 rings (SSSR count). The maximum Gasteiger partial charge on any atom is 0.0613 e. The van der Waals surface area contributed by atoms with Gasteiger partial charge in [-0.2, -0.15) is 0 Å². The van der Waals surface area contributed by atoms with Gasteiger partial charge in [0.1, 0.15) is 0 Å². The van der Waals surface area contributed by atoms with Gasteiger partial charge in [-0.3, -0.25) is 0 Å². The number of hydrogen-bond donors (Lipinski definition) is 0. The minimum atomic E-state index is 0.466. The first-order valence-corrected chi connectivity index (χ1v) is 6.13. The summed E-state index contributed by atoms with van der Waals surface area (Å²) < 4.78 is 6.00. The van der Waals surface area contributed by atoms with Crippen molar-refractivity contribution >= 4 is 0 Å². The van der Waals surface area contributed by atoms with Gasteiger partial charge >= 0.3 is 0 Å². The van der Waals surface area contributed by atoms with Gasteiger partial charge in [0.15, 0.2) is 0 Å². The van der Waals surface area contributed by atoms with Crippen molar-refractivity contribution in [2.45, 2.75) is 70.5 Å². The highest BCUT2D eigenvalue weighted by Gasteiger charge is 2.20. The largest absolute Gasteiger partial charge is 0.375 e. The van der Waals surface area contributed by atoms with Gasteiger partial charge in [-0.25, -0.2) is 0 Å². The molecule has 1 heteroatoms. The van der Waals surface area contributed by atoms with Crippen LogP contribution in [0.1, 0.15) is 58.3 Å². The highest BCUT2D eigenvalue weighted by Crippen LogP contribution is 2.24. The fourth-order valence-corrected chi connectivity index (χ4v) is 2.18. The van der Waals surface area contributed by atoms with Crippen LogP contribution in [0.3, 0.4) is 0 Å². The zero-order valence-corrected chi connectivity index (χ0v) is 9.50. The molecule has 1 heterocycles. The molecule has 1 aliphatic rings. The Labute approximate surface area is 88.5 Å². The van der Waals surface area contributed by atoms with Crippen molar-refractivity contribution in [1.82, 2.24) is 0 Å². The number of hydrogen-bond acceptors (Lipinski definition) is 1. The highest BCUT2D eigenvalue weighted by atomic mass is 16.5. The first-order chi connectivity index (χ1) is 6.86. The fourth-order valence-electron chi connectivity index (χ4n) is 2.18. The summed E-state index contributed by atoms with van der Waals surface area (Å²) in [4.78, 5) is 0. The zero-order chi connectivity index (χ0) is 10.2. The van der Waals surface area contributed by atoms with Crippen LogP contribution < -0.4 is 0 Å². The molecule has 1 nitrogen and oxygen atoms in total. The molecule has 0 spiro atoms. The van der Waals surface area contributed by atoms with Crippen molar-refractivity contribution < 1.29 is 4.74 Å². The summed E-state index contributed by atoms with van der Waals surface area (Å²) in [6.45, 7) is 6.03. The third-order valence-corrected chi connectivity index (χ3v) is 3.00. The predicted octanol–water partition coefficient (Wildman–Crippen LogP) is 4.08. The summed E-state index contributed by atoms with van der Waals surface area (Å²) in [7, 11) is 0. The van der Waals surface area contributed by atoms with Crippen LogP contribution in [0, 0.1) is 0 Å². The molecule has 0 aliphatic carbocycles. The van der Waals surface area contributed by atoms with Crippen LogP contribution in [0.15, 0.2) is 12.7 Å². The van der Waals surface area contributed by atoms with E-state index >= 15 is 0 Å². The zero-order valence-electron chi connectivity index (χ0n) is 9.50. The molecule has 0 aromatic carbocycles. The van der Waals surface area contributed by atoms with Gasteiger partial charge < -0.3 is 4.74 Å². The van der Waals surface area contributed by atoms with E-state index in [2.05, 4.69) is 13.5 Å². The molecule has 0 aromatic rings. The van der Waals surface area contributed by atoms with Gasteiger partial charge in [-0.1, -0.05) is 32.3 Å². The van der Waals surface area contributed by atoms with Crippen molar-refractivity contribution in [2.24, 2.45) is 0 Å². The smallest absolute Gasteiger partial charge is 0.0613 e. The summed E-state index contributed by atoms with van der Waals surface area (Å²) >= 11 is 0. The van der Waals surface area contributed by atoms with E-state index in [4.69, 9.17) is 4.74 Å². The Hall–Kier alpha value is -0.300. The topological polar surface area (TPSA) is 9.23 Å².